The highest BCUT2D eigenvalue weighted by molar-refractivity contribution is 9.10. The Morgan fingerprint density at radius 3 is 2.13 bits per heavy atom. The topological polar surface area (TPSA) is 66.8 Å². The van der Waals surface area contributed by atoms with Gasteiger partial charge in [0.05, 0.1) is 6.61 Å². The zero-order valence-electron chi connectivity index (χ0n) is 15.8. The molecule has 0 radical (unpaired) electrons. The van der Waals surface area contributed by atoms with Crippen LogP contribution in [0.4, 0.5) is 0 Å². The van der Waals surface area contributed by atoms with Gasteiger partial charge in [0, 0.05) is 29.8 Å². The third-order valence-corrected chi connectivity index (χ3v) is 7.27. The van der Waals surface area contributed by atoms with Gasteiger partial charge in [-0.1, -0.05) is 44.3 Å². The SMILES string of the molecule is O=C(O)c1cc2cc(Br)ccc2s1.OCc1cc2cc(Br)ccc2s1.[BH3-]C1CCCO1. The van der Waals surface area contributed by atoms with E-state index >= 15 is 0 Å². The summed E-state index contributed by atoms with van der Waals surface area (Å²) < 4.78 is 9.54. The second kappa shape index (κ2) is 11.6. The van der Waals surface area contributed by atoms with Crippen LogP contribution in [0.1, 0.15) is 27.4 Å². The van der Waals surface area contributed by atoms with Crippen molar-refractivity contribution in [2.75, 3.05) is 6.61 Å². The normalized spacial score (nSPS) is 15.3. The van der Waals surface area contributed by atoms with Crippen LogP contribution < -0.4 is 0 Å². The lowest BCUT2D eigenvalue weighted by Gasteiger charge is -2.01. The molecule has 2 aromatic heterocycles. The fourth-order valence-corrected chi connectivity index (χ4v) is 5.23. The van der Waals surface area contributed by atoms with Crippen molar-refractivity contribution < 1.29 is 19.7 Å². The van der Waals surface area contributed by atoms with E-state index in [-0.39, 0.29) is 6.61 Å². The van der Waals surface area contributed by atoms with Crippen LogP contribution in [0.25, 0.3) is 20.2 Å². The maximum atomic E-state index is 10.7. The Morgan fingerprint density at radius 2 is 1.65 bits per heavy atom. The number of hydrogen-bond acceptors (Lipinski definition) is 5. The Hall–Kier alpha value is -1.23. The van der Waals surface area contributed by atoms with Gasteiger partial charge in [-0.15, -0.1) is 22.7 Å². The van der Waals surface area contributed by atoms with Crippen molar-refractivity contribution in [3.8, 4) is 0 Å². The highest BCUT2D eigenvalue weighted by Crippen LogP contribution is 2.29. The quantitative estimate of drug-likeness (QED) is 0.283. The van der Waals surface area contributed by atoms with Crippen LogP contribution >= 0.6 is 54.5 Å². The predicted molar refractivity (Wildman–Crippen MR) is 141 cm³/mol. The maximum Gasteiger partial charge on any atom is 0.345 e. The average Bonchev–Trinajstić information content (AvgIpc) is 3.47. The van der Waals surface area contributed by atoms with Crippen LogP contribution in [-0.2, 0) is 11.3 Å². The molecule has 4 nitrogen and oxygen atoms in total. The third-order valence-electron chi connectivity index (χ3n) is 4.08. The number of thiophene rings is 2. The maximum absolute atomic E-state index is 10.7. The van der Waals surface area contributed by atoms with Crippen molar-refractivity contribution in [2.45, 2.75) is 25.5 Å². The monoisotopic (exact) mass is 583 g/mol. The van der Waals surface area contributed by atoms with Gasteiger partial charge >= 0.3 is 5.97 Å². The van der Waals surface area contributed by atoms with Crippen molar-refractivity contribution >= 4 is 88.5 Å². The van der Waals surface area contributed by atoms with E-state index in [0.717, 1.165) is 36.5 Å². The molecule has 1 saturated heterocycles. The zero-order valence-corrected chi connectivity index (χ0v) is 20.6. The molecule has 1 aliphatic heterocycles. The number of benzene rings is 2. The van der Waals surface area contributed by atoms with Crippen LogP contribution in [0.15, 0.2) is 57.5 Å². The van der Waals surface area contributed by atoms with E-state index in [2.05, 4.69) is 44.0 Å². The van der Waals surface area contributed by atoms with Gasteiger partial charge in [0.2, 0.25) is 0 Å². The molecule has 31 heavy (non-hydrogen) atoms. The number of aliphatic hydroxyl groups excluding tert-OH is 1. The number of aliphatic hydroxyl groups is 1. The van der Waals surface area contributed by atoms with Gasteiger partial charge in [0.25, 0.3) is 0 Å². The molecule has 2 N–H and O–H groups in total. The van der Waals surface area contributed by atoms with Gasteiger partial charge in [-0.25, -0.2) is 4.79 Å². The van der Waals surface area contributed by atoms with Gasteiger partial charge in [-0.3, -0.25) is 0 Å². The molecule has 0 spiro atoms. The standard InChI is InChI=1S/C9H5BrO2S.C9H7BrOS.C4H10BO/c10-6-1-2-7-5(3-6)4-8(13-7)9(11)12;10-7-1-2-9-6(3-7)4-8(5-11)12-9;5-4-2-1-3-6-4/h1-4H,(H,11,12);1-4,11H,5H2;4H,1-3H2,5H3/q;;-1. The molecule has 5 rings (SSSR count). The van der Waals surface area contributed by atoms with E-state index in [9.17, 15) is 4.79 Å². The molecule has 1 fully saturated rings. The average molecular weight is 585 g/mol. The first-order valence-electron chi connectivity index (χ1n) is 9.11. The number of carbonyl (C=O) groups is 1. The molecule has 1 atom stereocenters. The summed E-state index contributed by atoms with van der Waals surface area (Å²) in [4.78, 5) is 12.1. The van der Waals surface area contributed by atoms with Gasteiger partial charge in [0.1, 0.15) is 4.88 Å². The number of fused-ring (bicyclic) bond motifs is 2. The summed E-state index contributed by atoms with van der Waals surface area (Å²) in [5, 5.41) is 19.8. The van der Waals surface area contributed by atoms with Gasteiger partial charge in [-0.2, -0.15) is 0 Å². The Bertz CT molecular complexity index is 1170. The first-order chi connectivity index (χ1) is 14.9. The lowest BCUT2D eigenvalue weighted by Crippen LogP contribution is -2.01. The zero-order chi connectivity index (χ0) is 22.4. The molecule has 9 heteroatoms. The molecule has 0 bridgehead atoms. The summed E-state index contributed by atoms with van der Waals surface area (Å²) in [6, 6.07) is 16.4. The molecule has 3 heterocycles. The van der Waals surface area contributed by atoms with E-state index in [1.807, 2.05) is 30.3 Å². The number of carboxylic acids is 1. The van der Waals surface area contributed by atoms with Crippen molar-refractivity contribution in [3.05, 3.63) is 67.2 Å². The Kier molecular flexibility index (Phi) is 9.12. The molecule has 2 aromatic carbocycles. The minimum atomic E-state index is -0.864. The molecular formula is C22H22BBr2O4S2-. The first kappa shape index (κ1) is 24.4. The smallest absolute Gasteiger partial charge is 0.345 e. The molecule has 164 valence electrons. The van der Waals surface area contributed by atoms with E-state index in [0.29, 0.717) is 12.7 Å². The van der Waals surface area contributed by atoms with E-state index < -0.39 is 5.97 Å². The summed E-state index contributed by atoms with van der Waals surface area (Å²) in [7, 11) is 0.521. The molecular weight excluding hydrogens is 563 g/mol. The molecule has 0 aliphatic carbocycles. The van der Waals surface area contributed by atoms with E-state index in [1.54, 1.807) is 17.4 Å². The number of rotatable bonds is 2. The summed E-state index contributed by atoms with van der Waals surface area (Å²) in [5.74, 6) is -0.864. The Balaban J connectivity index is 0.000000140. The van der Waals surface area contributed by atoms with Gasteiger partial charge in [-0.05, 0) is 73.6 Å². The number of hydrogen-bond donors (Lipinski definition) is 2. The van der Waals surface area contributed by atoms with Crippen LogP contribution in [0.3, 0.4) is 0 Å². The molecule has 1 aliphatic rings. The van der Waals surface area contributed by atoms with Crippen LogP contribution in [0, 0.1) is 0 Å². The van der Waals surface area contributed by atoms with E-state index in [1.165, 1.54) is 34.3 Å². The summed E-state index contributed by atoms with van der Waals surface area (Å²) >= 11 is 9.67. The first-order valence-corrected chi connectivity index (χ1v) is 12.3. The molecule has 4 aromatic rings. The lowest BCUT2D eigenvalue weighted by atomic mass is 9.98. The third kappa shape index (κ3) is 7.13. The Morgan fingerprint density at radius 1 is 1.03 bits per heavy atom. The summed E-state index contributed by atoms with van der Waals surface area (Å²) in [6.07, 6.45) is 2.70. The largest absolute Gasteiger partial charge is 0.477 e. The highest BCUT2D eigenvalue weighted by atomic mass is 79.9. The summed E-state index contributed by atoms with van der Waals surface area (Å²) in [6.45, 7) is 1.19. The second-order valence-electron chi connectivity index (χ2n) is 6.33. The fraction of sp³-hybridized carbons (Fsp3) is 0.227. The van der Waals surface area contributed by atoms with Gasteiger partial charge in [0.15, 0.2) is 0 Å². The predicted octanol–water partition coefficient (Wildman–Crippen LogP) is 6.01. The van der Waals surface area contributed by atoms with Crippen LogP contribution in [0.5, 0.6) is 0 Å². The Labute approximate surface area is 206 Å². The second-order valence-corrected chi connectivity index (χ2v) is 10.4. The number of halogens is 2. The van der Waals surface area contributed by atoms with Crippen molar-refractivity contribution in [2.24, 2.45) is 0 Å². The minimum Gasteiger partial charge on any atom is -0.477 e. The molecule has 1 unspecified atom stereocenters. The minimum absolute atomic E-state index is 0.136. The van der Waals surface area contributed by atoms with Crippen LogP contribution in [-0.4, -0.2) is 36.6 Å². The molecule has 0 amide bonds. The summed E-state index contributed by atoms with van der Waals surface area (Å²) in [5.41, 5.74) is 0. The van der Waals surface area contributed by atoms with Crippen molar-refractivity contribution in [1.29, 1.82) is 0 Å². The highest BCUT2D eigenvalue weighted by Gasteiger charge is 2.07. The van der Waals surface area contributed by atoms with Gasteiger partial charge < -0.3 is 14.9 Å². The van der Waals surface area contributed by atoms with Crippen LogP contribution in [0.2, 0.25) is 0 Å². The fourth-order valence-electron chi connectivity index (χ4n) is 2.68. The van der Waals surface area contributed by atoms with E-state index in [4.69, 9.17) is 14.9 Å². The van der Waals surface area contributed by atoms with Crippen molar-refractivity contribution in [3.63, 3.8) is 0 Å². The lowest BCUT2D eigenvalue weighted by molar-refractivity contribution is 0.0702. The molecule has 0 saturated carbocycles. The number of aromatic carboxylic acids is 1. The number of carboxylic acid groups (broad SMARTS) is 1. The van der Waals surface area contributed by atoms with Crippen molar-refractivity contribution in [1.82, 2.24) is 0 Å². The number of ether oxygens (including phenoxy) is 1.